The van der Waals surface area contributed by atoms with Crippen LogP contribution in [0.5, 0.6) is 0 Å². The third-order valence-corrected chi connectivity index (χ3v) is 2.45. The summed E-state index contributed by atoms with van der Waals surface area (Å²) in [6.07, 6.45) is 0. The fourth-order valence-electron chi connectivity index (χ4n) is 1.62. The maximum atomic E-state index is 11.9. The third-order valence-electron chi connectivity index (χ3n) is 2.45. The molecule has 0 bridgehead atoms. The molecule has 106 valence electrons. The second-order valence-electron chi connectivity index (χ2n) is 5.49. The highest BCUT2D eigenvalue weighted by Gasteiger charge is 2.21. The Kier molecular flexibility index (Phi) is 5.36. The van der Waals surface area contributed by atoms with E-state index in [-0.39, 0.29) is 5.97 Å². The van der Waals surface area contributed by atoms with Gasteiger partial charge in [-0.15, -0.1) is 0 Å². The van der Waals surface area contributed by atoms with Crippen LogP contribution in [-0.4, -0.2) is 24.7 Å². The normalized spacial score (nSPS) is 12.9. The highest BCUT2D eigenvalue weighted by Crippen LogP contribution is 2.18. The quantitative estimate of drug-likeness (QED) is 0.831. The van der Waals surface area contributed by atoms with E-state index in [9.17, 15) is 4.79 Å². The van der Waals surface area contributed by atoms with Crippen LogP contribution in [0.3, 0.4) is 0 Å². The molecule has 1 atom stereocenters. The Labute approximate surface area is 115 Å². The van der Waals surface area contributed by atoms with Gasteiger partial charge in [0.05, 0.1) is 6.61 Å². The molecular formula is C15H23NO3. The molecule has 0 radical (unpaired) electrons. The van der Waals surface area contributed by atoms with Crippen molar-refractivity contribution in [3.63, 3.8) is 0 Å². The van der Waals surface area contributed by atoms with Crippen molar-refractivity contribution >= 4 is 11.7 Å². The summed E-state index contributed by atoms with van der Waals surface area (Å²) in [5, 5.41) is 3.16. The van der Waals surface area contributed by atoms with Gasteiger partial charge in [0.15, 0.2) is 0 Å². The SMILES string of the molecule is COCc1ccccc1NC(C)C(=O)OC(C)(C)C. The van der Waals surface area contributed by atoms with Gasteiger partial charge in [0, 0.05) is 18.4 Å². The smallest absolute Gasteiger partial charge is 0.328 e. The average Bonchev–Trinajstić information content (AvgIpc) is 2.29. The summed E-state index contributed by atoms with van der Waals surface area (Å²) in [5.74, 6) is -0.264. The molecule has 0 aromatic heterocycles. The van der Waals surface area contributed by atoms with Crippen LogP contribution in [0.25, 0.3) is 0 Å². The minimum atomic E-state index is -0.473. The monoisotopic (exact) mass is 265 g/mol. The van der Waals surface area contributed by atoms with Crippen molar-refractivity contribution in [3.8, 4) is 0 Å². The Balaban J connectivity index is 2.71. The fraction of sp³-hybridized carbons (Fsp3) is 0.533. The lowest BCUT2D eigenvalue weighted by Gasteiger charge is -2.23. The van der Waals surface area contributed by atoms with Gasteiger partial charge in [-0.25, -0.2) is 4.79 Å². The molecule has 1 rings (SSSR count). The average molecular weight is 265 g/mol. The van der Waals surface area contributed by atoms with Crippen molar-refractivity contribution in [2.75, 3.05) is 12.4 Å². The molecule has 0 aliphatic rings. The van der Waals surface area contributed by atoms with Gasteiger partial charge in [0.2, 0.25) is 0 Å². The number of esters is 1. The van der Waals surface area contributed by atoms with Gasteiger partial charge in [-0.2, -0.15) is 0 Å². The molecule has 0 amide bonds. The molecular weight excluding hydrogens is 242 g/mol. The summed E-state index contributed by atoms with van der Waals surface area (Å²) in [5.41, 5.74) is 1.43. The Morgan fingerprint density at radius 3 is 2.53 bits per heavy atom. The van der Waals surface area contributed by atoms with Crippen LogP contribution in [0.1, 0.15) is 33.3 Å². The van der Waals surface area contributed by atoms with E-state index in [2.05, 4.69) is 5.32 Å². The lowest BCUT2D eigenvalue weighted by molar-refractivity contribution is -0.155. The first-order chi connectivity index (χ1) is 8.83. The highest BCUT2D eigenvalue weighted by molar-refractivity contribution is 5.79. The zero-order valence-corrected chi connectivity index (χ0v) is 12.3. The molecule has 0 fully saturated rings. The Morgan fingerprint density at radius 2 is 1.95 bits per heavy atom. The van der Waals surface area contributed by atoms with E-state index in [4.69, 9.17) is 9.47 Å². The number of rotatable bonds is 5. The van der Waals surface area contributed by atoms with E-state index in [1.54, 1.807) is 14.0 Å². The minimum Gasteiger partial charge on any atom is -0.458 e. The first kappa shape index (κ1) is 15.5. The zero-order chi connectivity index (χ0) is 14.5. The molecule has 1 unspecified atom stereocenters. The number of benzene rings is 1. The van der Waals surface area contributed by atoms with Gasteiger partial charge in [-0.1, -0.05) is 18.2 Å². The number of ether oxygens (including phenoxy) is 2. The van der Waals surface area contributed by atoms with E-state index >= 15 is 0 Å². The van der Waals surface area contributed by atoms with Crippen LogP contribution in [0.2, 0.25) is 0 Å². The zero-order valence-electron chi connectivity index (χ0n) is 12.3. The van der Waals surface area contributed by atoms with Gasteiger partial charge in [0.25, 0.3) is 0 Å². The fourth-order valence-corrected chi connectivity index (χ4v) is 1.62. The Bertz CT molecular complexity index is 424. The number of carbonyl (C=O) groups excluding carboxylic acids is 1. The van der Waals surface area contributed by atoms with Crippen molar-refractivity contribution in [3.05, 3.63) is 29.8 Å². The predicted molar refractivity (Wildman–Crippen MR) is 76.1 cm³/mol. The maximum Gasteiger partial charge on any atom is 0.328 e. The van der Waals surface area contributed by atoms with Gasteiger partial charge in [0.1, 0.15) is 11.6 Å². The largest absolute Gasteiger partial charge is 0.458 e. The van der Waals surface area contributed by atoms with E-state index in [0.717, 1.165) is 11.3 Å². The second-order valence-corrected chi connectivity index (χ2v) is 5.49. The lowest BCUT2D eigenvalue weighted by atomic mass is 10.1. The Hall–Kier alpha value is -1.55. The van der Waals surface area contributed by atoms with E-state index in [0.29, 0.717) is 6.61 Å². The molecule has 0 heterocycles. The summed E-state index contributed by atoms with van der Waals surface area (Å²) in [6.45, 7) is 7.87. The number of methoxy groups -OCH3 is 1. The molecule has 0 aliphatic heterocycles. The van der Waals surface area contributed by atoms with Crippen molar-refractivity contribution in [2.24, 2.45) is 0 Å². The maximum absolute atomic E-state index is 11.9. The van der Waals surface area contributed by atoms with Crippen molar-refractivity contribution in [1.29, 1.82) is 0 Å². The standard InChI is InChI=1S/C15H23NO3/c1-11(14(17)19-15(2,3)4)16-13-9-7-6-8-12(13)10-18-5/h6-9,11,16H,10H2,1-5H3. The van der Waals surface area contributed by atoms with Crippen molar-refractivity contribution in [1.82, 2.24) is 0 Å². The molecule has 4 heteroatoms. The van der Waals surface area contributed by atoms with Crippen LogP contribution in [0, 0.1) is 0 Å². The van der Waals surface area contributed by atoms with Crippen LogP contribution in [0.4, 0.5) is 5.69 Å². The molecule has 0 saturated carbocycles. The summed E-state index contributed by atoms with van der Waals surface area (Å²) < 4.78 is 10.5. The Morgan fingerprint density at radius 1 is 1.32 bits per heavy atom. The molecule has 1 N–H and O–H groups in total. The van der Waals surface area contributed by atoms with E-state index in [1.165, 1.54) is 0 Å². The predicted octanol–water partition coefficient (Wildman–Crippen LogP) is 2.98. The van der Waals surface area contributed by atoms with E-state index in [1.807, 2.05) is 45.0 Å². The number of hydrogen-bond acceptors (Lipinski definition) is 4. The summed E-state index contributed by atoms with van der Waals surface area (Å²) in [7, 11) is 1.65. The topological polar surface area (TPSA) is 47.6 Å². The summed E-state index contributed by atoms with van der Waals surface area (Å²) >= 11 is 0. The van der Waals surface area contributed by atoms with Gasteiger partial charge in [-0.3, -0.25) is 0 Å². The number of anilines is 1. The number of hydrogen-bond donors (Lipinski definition) is 1. The molecule has 0 aliphatic carbocycles. The molecule has 1 aromatic carbocycles. The number of nitrogens with one attached hydrogen (secondary N) is 1. The number of para-hydroxylation sites is 1. The molecule has 19 heavy (non-hydrogen) atoms. The van der Waals surface area contributed by atoms with Crippen molar-refractivity contribution in [2.45, 2.75) is 45.9 Å². The molecule has 4 nitrogen and oxygen atoms in total. The first-order valence-electron chi connectivity index (χ1n) is 6.39. The minimum absolute atomic E-state index is 0.264. The van der Waals surface area contributed by atoms with Gasteiger partial charge >= 0.3 is 5.97 Å². The molecule has 0 spiro atoms. The van der Waals surface area contributed by atoms with Crippen LogP contribution < -0.4 is 5.32 Å². The highest BCUT2D eigenvalue weighted by atomic mass is 16.6. The number of carbonyl (C=O) groups is 1. The summed E-state index contributed by atoms with van der Waals surface area (Å²) in [6, 6.07) is 7.35. The summed E-state index contributed by atoms with van der Waals surface area (Å²) in [4.78, 5) is 11.9. The van der Waals surface area contributed by atoms with Gasteiger partial charge < -0.3 is 14.8 Å². The van der Waals surface area contributed by atoms with Crippen LogP contribution >= 0.6 is 0 Å². The van der Waals surface area contributed by atoms with Crippen molar-refractivity contribution < 1.29 is 14.3 Å². The second kappa shape index (κ2) is 6.57. The molecule has 1 aromatic rings. The third kappa shape index (κ3) is 5.30. The lowest BCUT2D eigenvalue weighted by Crippen LogP contribution is -2.34. The molecule has 0 saturated heterocycles. The first-order valence-corrected chi connectivity index (χ1v) is 6.39. The van der Waals surface area contributed by atoms with Gasteiger partial charge in [-0.05, 0) is 33.8 Å². The van der Waals surface area contributed by atoms with Crippen LogP contribution in [0.15, 0.2) is 24.3 Å². The van der Waals surface area contributed by atoms with Crippen LogP contribution in [-0.2, 0) is 20.9 Å². The van der Waals surface area contributed by atoms with E-state index < -0.39 is 11.6 Å².